The molecule has 4 rings (SSSR count). The van der Waals surface area contributed by atoms with Crippen LogP contribution in [0.5, 0.6) is 0 Å². The van der Waals surface area contributed by atoms with E-state index in [4.69, 9.17) is 9.51 Å². The summed E-state index contributed by atoms with van der Waals surface area (Å²) in [6.07, 6.45) is 1.77. The molecule has 0 radical (unpaired) electrons. The first-order chi connectivity index (χ1) is 11.6. The van der Waals surface area contributed by atoms with Crippen LogP contribution in [0.3, 0.4) is 0 Å². The zero-order valence-corrected chi connectivity index (χ0v) is 13.9. The fourth-order valence-corrected chi connectivity index (χ4v) is 3.14. The number of hydrogen-bond acceptors (Lipinski definition) is 6. The largest absolute Gasteiger partial charge is 0.361 e. The van der Waals surface area contributed by atoms with Crippen molar-refractivity contribution in [1.29, 1.82) is 0 Å². The van der Waals surface area contributed by atoms with Crippen molar-refractivity contribution in [2.24, 2.45) is 0 Å². The molecular formula is C18H19N5O. The van der Waals surface area contributed by atoms with Crippen molar-refractivity contribution in [3.05, 3.63) is 53.5 Å². The molecule has 1 N–H and O–H groups in total. The van der Waals surface area contributed by atoms with E-state index in [2.05, 4.69) is 51.5 Å². The van der Waals surface area contributed by atoms with Gasteiger partial charge < -0.3 is 14.7 Å². The Kier molecular flexibility index (Phi) is 3.45. The molecule has 1 atom stereocenters. The van der Waals surface area contributed by atoms with Crippen LogP contribution in [-0.2, 0) is 0 Å². The van der Waals surface area contributed by atoms with Gasteiger partial charge in [-0.05, 0) is 26.3 Å². The van der Waals surface area contributed by atoms with Gasteiger partial charge in [0.25, 0.3) is 0 Å². The molecule has 1 aromatic carbocycles. The molecule has 1 aliphatic rings. The number of anilines is 2. The maximum Gasteiger partial charge on any atom is 0.174 e. The fourth-order valence-electron chi connectivity index (χ4n) is 3.14. The number of nitrogens with zero attached hydrogens (tertiary/aromatic N) is 4. The second-order valence-electron chi connectivity index (χ2n) is 6.02. The Labute approximate surface area is 140 Å². The van der Waals surface area contributed by atoms with E-state index in [-0.39, 0.29) is 6.04 Å². The number of nitrogens with one attached hydrogen (secondary N) is 1. The highest BCUT2D eigenvalue weighted by molar-refractivity contribution is 5.72. The van der Waals surface area contributed by atoms with Gasteiger partial charge in [-0.1, -0.05) is 35.5 Å². The van der Waals surface area contributed by atoms with Crippen molar-refractivity contribution >= 4 is 11.6 Å². The Hall–Kier alpha value is -2.89. The Balaban J connectivity index is 1.74. The molecule has 0 aliphatic carbocycles. The van der Waals surface area contributed by atoms with Crippen LogP contribution in [0.4, 0.5) is 11.6 Å². The van der Waals surface area contributed by atoms with E-state index in [1.807, 2.05) is 19.9 Å². The maximum atomic E-state index is 5.27. The monoisotopic (exact) mass is 321 g/mol. The summed E-state index contributed by atoms with van der Waals surface area (Å²) in [5, 5.41) is 7.33. The second-order valence-corrected chi connectivity index (χ2v) is 6.02. The molecule has 0 unspecified atom stereocenters. The molecule has 3 aromatic rings. The maximum absolute atomic E-state index is 5.27. The van der Waals surface area contributed by atoms with Gasteiger partial charge in [0.05, 0.1) is 35.9 Å². The van der Waals surface area contributed by atoms with Gasteiger partial charge in [0.15, 0.2) is 11.6 Å². The lowest BCUT2D eigenvalue weighted by Gasteiger charge is -2.25. The average Bonchev–Trinajstić information content (AvgIpc) is 3.17. The molecule has 1 aliphatic heterocycles. The number of rotatable bonds is 3. The molecule has 122 valence electrons. The third kappa shape index (κ3) is 2.31. The summed E-state index contributed by atoms with van der Waals surface area (Å²) in [5.74, 6) is 2.44. The Morgan fingerprint density at radius 3 is 2.71 bits per heavy atom. The fraction of sp³-hybridized carbons (Fsp3) is 0.278. The van der Waals surface area contributed by atoms with E-state index >= 15 is 0 Å². The van der Waals surface area contributed by atoms with E-state index in [9.17, 15) is 0 Å². The number of fused-ring (bicyclic) bond motifs is 1. The molecule has 0 bridgehead atoms. The first kappa shape index (κ1) is 14.7. The molecule has 3 heterocycles. The van der Waals surface area contributed by atoms with Crippen molar-refractivity contribution < 1.29 is 4.52 Å². The van der Waals surface area contributed by atoms with Crippen molar-refractivity contribution in [2.45, 2.75) is 26.8 Å². The molecule has 6 heteroatoms. The van der Waals surface area contributed by atoms with Crippen LogP contribution < -0.4 is 10.2 Å². The molecule has 0 saturated heterocycles. The molecule has 24 heavy (non-hydrogen) atoms. The van der Waals surface area contributed by atoms with Gasteiger partial charge in [0.2, 0.25) is 0 Å². The summed E-state index contributed by atoms with van der Waals surface area (Å²) in [6.45, 7) is 6.68. The summed E-state index contributed by atoms with van der Waals surface area (Å²) >= 11 is 0. The van der Waals surface area contributed by atoms with Crippen molar-refractivity contribution in [1.82, 2.24) is 15.1 Å². The zero-order chi connectivity index (χ0) is 16.7. The van der Waals surface area contributed by atoms with Crippen molar-refractivity contribution in [3.8, 4) is 11.3 Å². The van der Waals surface area contributed by atoms with Crippen LogP contribution in [0, 0.1) is 13.8 Å². The van der Waals surface area contributed by atoms with Gasteiger partial charge in [-0.25, -0.2) is 9.97 Å². The Morgan fingerprint density at radius 1 is 1.21 bits per heavy atom. The summed E-state index contributed by atoms with van der Waals surface area (Å²) in [6, 6.07) is 10.6. The van der Waals surface area contributed by atoms with Crippen LogP contribution in [0.25, 0.3) is 11.3 Å². The number of aromatic nitrogens is 3. The predicted octanol–water partition coefficient (Wildman–Crippen LogP) is 3.70. The van der Waals surface area contributed by atoms with Gasteiger partial charge in [-0.2, -0.15) is 0 Å². The van der Waals surface area contributed by atoms with Crippen LogP contribution in [0.15, 0.2) is 41.1 Å². The quantitative estimate of drug-likeness (QED) is 0.793. The van der Waals surface area contributed by atoms with E-state index in [0.29, 0.717) is 6.67 Å². The first-order valence-corrected chi connectivity index (χ1v) is 8.01. The number of benzene rings is 1. The van der Waals surface area contributed by atoms with Crippen LogP contribution in [0.1, 0.15) is 30.0 Å². The van der Waals surface area contributed by atoms with Gasteiger partial charge in [0, 0.05) is 0 Å². The third-order valence-corrected chi connectivity index (χ3v) is 4.48. The third-order valence-electron chi connectivity index (χ3n) is 4.48. The lowest BCUT2D eigenvalue weighted by Crippen LogP contribution is -2.26. The summed E-state index contributed by atoms with van der Waals surface area (Å²) in [5.41, 5.74) is 3.79. The highest BCUT2D eigenvalue weighted by atomic mass is 16.5. The molecule has 0 fully saturated rings. The van der Waals surface area contributed by atoms with E-state index < -0.39 is 0 Å². The summed E-state index contributed by atoms with van der Waals surface area (Å²) in [7, 11) is 0. The molecular weight excluding hydrogens is 302 g/mol. The minimum atomic E-state index is 0.203. The molecule has 6 nitrogen and oxygen atoms in total. The van der Waals surface area contributed by atoms with Gasteiger partial charge in [-0.15, -0.1) is 0 Å². The number of aryl methyl sites for hydroxylation is 2. The standard InChI is InChI=1S/C18H19N5O/c1-11-16(13(3)24-22-11)15-9-19-17-18(21-15)23(10-20-17)12(2)14-7-5-4-6-8-14/h4-9,12H,10H2,1-3H3,(H,19,20)/t12-/m0/s1. The van der Waals surface area contributed by atoms with E-state index in [0.717, 1.165) is 34.3 Å². The van der Waals surface area contributed by atoms with E-state index in [1.54, 1.807) is 6.20 Å². The first-order valence-electron chi connectivity index (χ1n) is 8.01. The highest BCUT2D eigenvalue weighted by Crippen LogP contribution is 2.36. The normalized spacial score (nSPS) is 14.4. The second kappa shape index (κ2) is 5.63. The topological polar surface area (TPSA) is 67.1 Å². The summed E-state index contributed by atoms with van der Waals surface area (Å²) in [4.78, 5) is 11.6. The number of hydrogen-bond donors (Lipinski definition) is 1. The van der Waals surface area contributed by atoms with Gasteiger partial charge >= 0.3 is 0 Å². The molecule has 0 spiro atoms. The van der Waals surface area contributed by atoms with Crippen molar-refractivity contribution in [3.63, 3.8) is 0 Å². The predicted molar refractivity (Wildman–Crippen MR) is 92.8 cm³/mol. The Morgan fingerprint density at radius 2 is 2.00 bits per heavy atom. The minimum Gasteiger partial charge on any atom is -0.361 e. The smallest absolute Gasteiger partial charge is 0.174 e. The molecule has 2 aromatic heterocycles. The van der Waals surface area contributed by atoms with Crippen LogP contribution >= 0.6 is 0 Å². The van der Waals surface area contributed by atoms with Gasteiger partial charge in [-0.3, -0.25) is 0 Å². The average molecular weight is 321 g/mol. The minimum absolute atomic E-state index is 0.203. The SMILES string of the molecule is Cc1noc(C)c1-c1cnc2c(n1)N([C@@H](C)c1ccccc1)CN2. The van der Waals surface area contributed by atoms with Crippen LogP contribution in [0.2, 0.25) is 0 Å². The molecule has 0 saturated carbocycles. The Bertz CT molecular complexity index is 855. The van der Waals surface area contributed by atoms with Crippen LogP contribution in [-0.4, -0.2) is 21.8 Å². The lowest BCUT2D eigenvalue weighted by molar-refractivity contribution is 0.393. The van der Waals surface area contributed by atoms with E-state index in [1.165, 1.54) is 5.56 Å². The summed E-state index contributed by atoms with van der Waals surface area (Å²) < 4.78 is 5.27. The lowest BCUT2D eigenvalue weighted by atomic mass is 10.1. The van der Waals surface area contributed by atoms with Crippen molar-refractivity contribution in [2.75, 3.05) is 16.9 Å². The zero-order valence-electron chi connectivity index (χ0n) is 13.9. The molecule has 0 amide bonds. The highest BCUT2D eigenvalue weighted by Gasteiger charge is 2.28. The van der Waals surface area contributed by atoms with Gasteiger partial charge in [0.1, 0.15) is 5.76 Å².